The predicted molar refractivity (Wildman–Crippen MR) is 70.2 cm³/mol. The Labute approximate surface area is 108 Å². The summed E-state index contributed by atoms with van der Waals surface area (Å²) in [5, 5.41) is 11.6. The number of thioether (sulfide) groups is 1. The van der Waals surface area contributed by atoms with E-state index in [2.05, 4.69) is 5.32 Å². The largest absolute Gasteiger partial charge is 0.392 e. The van der Waals surface area contributed by atoms with Gasteiger partial charge in [0.05, 0.1) is 16.2 Å². The van der Waals surface area contributed by atoms with E-state index < -0.39 is 6.10 Å². The highest BCUT2D eigenvalue weighted by atomic mass is 35.5. The smallest absolute Gasteiger partial charge is 0.230 e. The molecule has 1 aromatic heterocycles. The molecule has 1 rings (SSSR count). The van der Waals surface area contributed by atoms with Crippen LogP contribution in [-0.2, 0) is 10.5 Å². The number of hydrogen-bond donors (Lipinski definition) is 2. The number of thiophene rings is 1. The average molecular weight is 280 g/mol. The second-order valence-electron chi connectivity index (χ2n) is 3.35. The Morgan fingerprint density at radius 1 is 1.69 bits per heavy atom. The highest BCUT2D eigenvalue weighted by molar-refractivity contribution is 7.99. The van der Waals surface area contributed by atoms with Gasteiger partial charge in [-0.05, 0) is 19.1 Å². The van der Waals surface area contributed by atoms with Gasteiger partial charge in [0, 0.05) is 17.2 Å². The molecule has 0 aromatic carbocycles. The first-order valence-electron chi connectivity index (χ1n) is 4.84. The van der Waals surface area contributed by atoms with Gasteiger partial charge in [-0.1, -0.05) is 11.6 Å². The molecule has 6 heteroatoms. The number of amides is 1. The Hall–Kier alpha value is -0.230. The number of rotatable bonds is 6. The van der Waals surface area contributed by atoms with Crippen molar-refractivity contribution in [3.05, 3.63) is 21.3 Å². The molecule has 0 aliphatic carbocycles. The molecular weight excluding hydrogens is 266 g/mol. The molecule has 1 aromatic rings. The summed E-state index contributed by atoms with van der Waals surface area (Å²) in [6.07, 6.45) is -0.495. The van der Waals surface area contributed by atoms with Gasteiger partial charge in [0.2, 0.25) is 5.91 Å². The van der Waals surface area contributed by atoms with E-state index in [9.17, 15) is 4.79 Å². The molecule has 0 spiro atoms. The van der Waals surface area contributed by atoms with Crippen molar-refractivity contribution in [3.8, 4) is 0 Å². The molecule has 0 fully saturated rings. The molecule has 3 nitrogen and oxygen atoms in total. The van der Waals surface area contributed by atoms with E-state index in [0.717, 1.165) is 10.1 Å². The maximum atomic E-state index is 11.3. The summed E-state index contributed by atoms with van der Waals surface area (Å²) in [6, 6.07) is 3.82. The second-order valence-corrected chi connectivity index (χ2v) is 6.14. The molecule has 0 saturated carbocycles. The maximum Gasteiger partial charge on any atom is 0.230 e. The average Bonchev–Trinajstić information content (AvgIpc) is 2.61. The van der Waals surface area contributed by atoms with Gasteiger partial charge in [0.15, 0.2) is 0 Å². The minimum absolute atomic E-state index is 0.0476. The lowest BCUT2D eigenvalue weighted by Gasteiger charge is -2.06. The summed E-state index contributed by atoms with van der Waals surface area (Å²) in [7, 11) is 0. The zero-order valence-corrected chi connectivity index (χ0v) is 11.3. The standard InChI is InChI=1S/C10H14ClNO2S2/c1-7(13)4-12-10(14)6-15-5-8-2-3-9(11)16-8/h2-3,7,13H,4-6H2,1H3,(H,12,14)/t7-/m1/s1. The first kappa shape index (κ1) is 13.8. The molecule has 0 aliphatic rings. The quantitative estimate of drug-likeness (QED) is 0.839. The van der Waals surface area contributed by atoms with E-state index in [1.807, 2.05) is 12.1 Å². The van der Waals surface area contributed by atoms with Crippen molar-refractivity contribution in [2.45, 2.75) is 18.8 Å². The second kappa shape index (κ2) is 7.17. The fourth-order valence-electron chi connectivity index (χ4n) is 0.986. The minimum atomic E-state index is -0.495. The number of aliphatic hydroxyl groups excluding tert-OH is 1. The van der Waals surface area contributed by atoms with E-state index >= 15 is 0 Å². The van der Waals surface area contributed by atoms with Crippen molar-refractivity contribution in [1.82, 2.24) is 5.32 Å². The molecule has 16 heavy (non-hydrogen) atoms. The molecule has 0 unspecified atom stereocenters. The van der Waals surface area contributed by atoms with Crippen LogP contribution in [-0.4, -0.2) is 29.4 Å². The zero-order chi connectivity index (χ0) is 12.0. The molecule has 90 valence electrons. The molecule has 0 bridgehead atoms. The summed E-state index contributed by atoms with van der Waals surface area (Å²) in [6.45, 7) is 1.95. The Morgan fingerprint density at radius 3 is 3.00 bits per heavy atom. The zero-order valence-electron chi connectivity index (χ0n) is 8.90. The van der Waals surface area contributed by atoms with Gasteiger partial charge in [-0.2, -0.15) is 0 Å². The summed E-state index contributed by atoms with van der Waals surface area (Å²) >= 11 is 8.86. The fourth-order valence-corrected chi connectivity index (χ4v) is 3.04. The SMILES string of the molecule is C[C@@H](O)CNC(=O)CSCc1ccc(Cl)s1. The lowest BCUT2D eigenvalue weighted by atomic mass is 10.4. The van der Waals surface area contributed by atoms with Crippen molar-refractivity contribution in [2.24, 2.45) is 0 Å². The molecule has 2 N–H and O–H groups in total. The lowest BCUT2D eigenvalue weighted by Crippen LogP contribution is -2.31. The number of carbonyl (C=O) groups excluding carboxylic acids is 1. The van der Waals surface area contributed by atoms with Gasteiger partial charge < -0.3 is 10.4 Å². The summed E-state index contributed by atoms with van der Waals surface area (Å²) < 4.78 is 0.772. The molecule has 0 aliphatic heterocycles. The van der Waals surface area contributed by atoms with Crippen molar-refractivity contribution >= 4 is 40.6 Å². The molecule has 1 amide bonds. The number of nitrogens with one attached hydrogen (secondary N) is 1. The topological polar surface area (TPSA) is 49.3 Å². The van der Waals surface area contributed by atoms with Crippen LogP contribution in [0.3, 0.4) is 0 Å². The van der Waals surface area contributed by atoms with Crippen molar-refractivity contribution in [3.63, 3.8) is 0 Å². The van der Waals surface area contributed by atoms with E-state index in [-0.39, 0.29) is 5.91 Å². The third kappa shape index (κ3) is 5.75. The van der Waals surface area contributed by atoms with E-state index in [4.69, 9.17) is 16.7 Å². The van der Waals surface area contributed by atoms with Crippen LogP contribution >= 0.6 is 34.7 Å². The third-order valence-electron chi connectivity index (χ3n) is 1.70. The fraction of sp³-hybridized carbons (Fsp3) is 0.500. The van der Waals surface area contributed by atoms with Crippen molar-refractivity contribution in [2.75, 3.05) is 12.3 Å². The normalized spacial score (nSPS) is 12.4. The molecule has 1 atom stereocenters. The number of halogens is 1. The Morgan fingerprint density at radius 2 is 2.44 bits per heavy atom. The van der Waals surface area contributed by atoms with Crippen LogP contribution in [0, 0.1) is 0 Å². The van der Waals surface area contributed by atoms with Gasteiger partial charge in [-0.25, -0.2) is 0 Å². The van der Waals surface area contributed by atoms with Gasteiger partial charge in [0.25, 0.3) is 0 Å². The van der Waals surface area contributed by atoms with Crippen molar-refractivity contribution < 1.29 is 9.90 Å². The van der Waals surface area contributed by atoms with Crippen LogP contribution in [0.5, 0.6) is 0 Å². The maximum absolute atomic E-state index is 11.3. The van der Waals surface area contributed by atoms with Crippen LogP contribution in [0.15, 0.2) is 12.1 Å². The van der Waals surface area contributed by atoms with Crippen LogP contribution in [0.4, 0.5) is 0 Å². The molecule has 0 radical (unpaired) electrons. The van der Waals surface area contributed by atoms with Gasteiger partial charge in [-0.3, -0.25) is 4.79 Å². The first-order valence-corrected chi connectivity index (χ1v) is 7.19. The van der Waals surface area contributed by atoms with Crippen LogP contribution in [0.1, 0.15) is 11.8 Å². The van der Waals surface area contributed by atoms with Crippen molar-refractivity contribution in [1.29, 1.82) is 0 Å². The molecule has 1 heterocycles. The molecular formula is C10H14ClNO2S2. The molecule has 0 saturated heterocycles. The Bertz CT molecular complexity index is 341. The summed E-state index contributed by atoms with van der Waals surface area (Å²) in [5.74, 6) is 1.15. The van der Waals surface area contributed by atoms with Gasteiger partial charge in [-0.15, -0.1) is 23.1 Å². The van der Waals surface area contributed by atoms with E-state index in [0.29, 0.717) is 12.3 Å². The van der Waals surface area contributed by atoms with E-state index in [1.165, 1.54) is 28.0 Å². The van der Waals surface area contributed by atoms with Crippen LogP contribution in [0.25, 0.3) is 0 Å². The van der Waals surface area contributed by atoms with Crippen LogP contribution < -0.4 is 5.32 Å². The lowest BCUT2D eigenvalue weighted by molar-refractivity contribution is -0.118. The summed E-state index contributed by atoms with van der Waals surface area (Å²) in [5.41, 5.74) is 0. The highest BCUT2D eigenvalue weighted by Crippen LogP contribution is 2.24. The number of hydrogen-bond acceptors (Lipinski definition) is 4. The van der Waals surface area contributed by atoms with Gasteiger partial charge >= 0.3 is 0 Å². The highest BCUT2D eigenvalue weighted by Gasteiger charge is 2.04. The Balaban J connectivity index is 2.13. The number of carbonyl (C=O) groups is 1. The summed E-state index contributed by atoms with van der Waals surface area (Å²) in [4.78, 5) is 12.4. The van der Waals surface area contributed by atoms with Gasteiger partial charge in [0.1, 0.15) is 0 Å². The first-order chi connectivity index (χ1) is 7.58. The van der Waals surface area contributed by atoms with E-state index in [1.54, 1.807) is 6.92 Å². The minimum Gasteiger partial charge on any atom is -0.392 e. The third-order valence-corrected chi connectivity index (χ3v) is 4.10. The predicted octanol–water partition coefficient (Wildman–Crippen LogP) is 2.13. The number of aliphatic hydroxyl groups is 1. The Kier molecular flexibility index (Phi) is 6.20. The monoisotopic (exact) mass is 279 g/mol. The van der Waals surface area contributed by atoms with Crippen LogP contribution in [0.2, 0.25) is 4.34 Å².